The molecule has 0 aliphatic heterocycles. The van der Waals surface area contributed by atoms with Crippen molar-refractivity contribution in [2.45, 2.75) is 19.1 Å². The van der Waals surface area contributed by atoms with Gasteiger partial charge in [-0.1, -0.05) is 30.3 Å². The molecule has 10 heteroatoms. The largest absolute Gasteiger partial charge is 0.497 e. The Morgan fingerprint density at radius 3 is 2.24 bits per heavy atom. The SMILES string of the molecule is COCCN(CC(=O)N(CCc1c[nH]c2ccccc12)Cc1ccc(C(F)(F)F)cc1)C(=O)c1ccc(OC)cc1. The molecule has 216 valence electrons. The van der Waals surface area contributed by atoms with E-state index in [4.69, 9.17) is 9.47 Å². The molecule has 0 radical (unpaired) electrons. The summed E-state index contributed by atoms with van der Waals surface area (Å²) in [6.45, 7) is 0.584. The number of benzene rings is 3. The van der Waals surface area contributed by atoms with Crippen LogP contribution in [0.2, 0.25) is 0 Å². The minimum atomic E-state index is -4.45. The van der Waals surface area contributed by atoms with Crippen LogP contribution in [0.5, 0.6) is 5.75 Å². The Morgan fingerprint density at radius 2 is 1.59 bits per heavy atom. The minimum absolute atomic E-state index is 0.0914. The molecule has 0 saturated carbocycles. The van der Waals surface area contributed by atoms with Crippen LogP contribution in [-0.4, -0.2) is 67.1 Å². The number of hydrogen-bond acceptors (Lipinski definition) is 4. The summed E-state index contributed by atoms with van der Waals surface area (Å²) in [6.07, 6.45) is -2.04. The lowest BCUT2D eigenvalue weighted by Crippen LogP contribution is -2.44. The fraction of sp³-hybridized carbons (Fsp3) is 0.290. The van der Waals surface area contributed by atoms with Crippen molar-refractivity contribution >= 4 is 22.7 Å². The summed E-state index contributed by atoms with van der Waals surface area (Å²) in [4.78, 5) is 33.2. The zero-order chi connectivity index (χ0) is 29.4. The number of H-pyrrole nitrogens is 1. The quantitative estimate of drug-likeness (QED) is 0.244. The van der Waals surface area contributed by atoms with Crippen molar-refractivity contribution in [2.24, 2.45) is 0 Å². The van der Waals surface area contributed by atoms with Gasteiger partial charge < -0.3 is 24.3 Å². The van der Waals surface area contributed by atoms with Crippen LogP contribution in [0.1, 0.15) is 27.0 Å². The molecule has 0 fully saturated rings. The molecule has 41 heavy (non-hydrogen) atoms. The second-order valence-corrected chi connectivity index (χ2v) is 9.57. The molecule has 4 aromatic rings. The van der Waals surface area contributed by atoms with E-state index in [9.17, 15) is 22.8 Å². The van der Waals surface area contributed by atoms with E-state index in [1.165, 1.54) is 31.3 Å². The monoisotopic (exact) mass is 567 g/mol. The van der Waals surface area contributed by atoms with Crippen LogP contribution in [0.3, 0.4) is 0 Å². The number of fused-ring (bicyclic) bond motifs is 1. The maximum Gasteiger partial charge on any atom is 0.416 e. The summed E-state index contributed by atoms with van der Waals surface area (Å²) in [5.74, 6) is -0.0760. The van der Waals surface area contributed by atoms with Crippen LogP contribution >= 0.6 is 0 Å². The first kappa shape index (κ1) is 29.7. The van der Waals surface area contributed by atoms with Crippen LogP contribution in [0, 0.1) is 0 Å². The first-order chi connectivity index (χ1) is 19.7. The normalized spacial score (nSPS) is 11.4. The maximum absolute atomic E-state index is 13.7. The van der Waals surface area contributed by atoms with Crippen molar-refractivity contribution in [3.63, 3.8) is 0 Å². The molecular formula is C31H32F3N3O4. The van der Waals surface area contributed by atoms with Gasteiger partial charge in [-0.25, -0.2) is 0 Å². The van der Waals surface area contributed by atoms with E-state index in [1.807, 2.05) is 30.5 Å². The molecule has 1 heterocycles. The zero-order valence-corrected chi connectivity index (χ0v) is 22.9. The fourth-order valence-electron chi connectivity index (χ4n) is 4.54. The van der Waals surface area contributed by atoms with Gasteiger partial charge in [-0.2, -0.15) is 13.2 Å². The van der Waals surface area contributed by atoms with E-state index in [0.717, 1.165) is 28.6 Å². The highest BCUT2D eigenvalue weighted by molar-refractivity contribution is 5.96. The topological polar surface area (TPSA) is 74.9 Å². The van der Waals surface area contributed by atoms with Gasteiger partial charge in [0.25, 0.3) is 5.91 Å². The van der Waals surface area contributed by atoms with E-state index < -0.39 is 11.7 Å². The standard InChI is InChI=1S/C31H32F3N3O4/c1-40-18-17-37(30(39)23-9-13-26(41-2)14-10-23)21-29(38)36(20-22-7-11-25(12-8-22)31(32,33)34)16-15-24-19-35-28-6-4-3-5-27(24)28/h3-14,19,35H,15-18,20-21H2,1-2H3. The number of rotatable bonds is 12. The Kier molecular flexibility index (Phi) is 9.67. The number of amides is 2. The number of carbonyl (C=O) groups is 2. The lowest BCUT2D eigenvalue weighted by Gasteiger charge is -2.28. The van der Waals surface area contributed by atoms with Gasteiger partial charge in [-0.05, 0) is 60.0 Å². The Bertz CT molecular complexity index is 1450. The smallest absolute Gasteiger partial charge is 0.416 e. The fourth-order valence-corrected chi connectivity index (χ4v) is 4.54. The summed E-state index contributed by atoms with van der Waals surface area (Å²) < 4.78 is 49.6. The number of ether oxygens (including phenoxy) is 2. The van der Waals surface area contributed by atoms with Gasteiger partial charge in [-0.15, -0.1) is 0 Å². The van der Waals surface area contributed by atoms with E-state index in [-0.39, 0.29) is 38.1 Å². The molecule has 0 aliphatic rings. The number of aromatic amines is 1. The van der Waals surface area contributed by atoms with Crippen molar-refractivity contribution in [1.29, 1.82) is 0 Å². The molecule has 1 N–H and O–H groups in total. The van der Waals surface area contributed by atoms with E-state index in [2.05, 4.69) is 4.98 Å². The third kappa shape index (κ3) is 7.67. The number of hydrogen-bond donors (Lipinski definition) is 1. The summed E-state index contributed by atoms with van der Waals surface area (Å²) in [6, 6.07) is 19.2. The molecule has 1 aromatic heterocycles. The van der Waals surface area contributed by atoms with Crippen molar-refractivity contribution in [2.75, 3.05) is 40.5 Å². The molecule has 3 aromatic carbocycles. The Balaban J connectivity index is 1.55. The molecule has 0 bridgehead atoms. The Hall–Kier alpha value is -4.31. The maximum atomic E-state index is 13.7. The van der Waals surface area contributed by atoms with Gasteiger partial charge in [0.15, 0.2) is 0 Å². The first-order valence-electron chi connectivity index (χ1n) is 13.1. The second-order valence-electron chi connectivity index (χ2n) is 9.57. The summed E-state index contributed by atoms with van der Waals surface area (Å²) in [5.41, 5.74) is 2.17. The number of carbonyl (C=O) groups excluding carboxylic acids is 2. The second kappa shape index (κ2) is 13.4. The molecule has 0 aliphatic carbocycles. The highest BCUT2D eigenvalue weighted by atomic mass is 19.4. The van der Waals surface area contributed by atoms with Crippen molar-refractivity contribution in [3.05, 3.63) is 101 Å². The number of methoxy groups -OCH3 is 2. The molecule has 7 nitrogen and oxygen atoms in total. The van der Waals surface area contributed by atoms with Crippen LogP contribution < -0.4 is 4.74 Å². The first-order valence-corrected chi connectivity index (χ1v) is 13.1. The minimum Gasteiger partial charge on any atom is -0.497 e. The lowest BCUT2D eigenvalue weighted by atomic mass is 10.1. The van der Waals surface area contributed by atoms with Crippen molar-refractivity contribution in [3.8, 4) is 5.75 Å². The molecule has 4 rings (SSSR count). The summed E-state index contributed by atoms with van der Waals surface area (Å²) in [5, 5.41) is 1.03. The lowest BCUT2D eigenvalue weighted by molar-refractivity contribution is -0.137. The molecular weight excluding hydrogens is 535 g/mol. The number of nitrogens with zero attached hydrogens (tertiary/aromatic N) is 2. The van der Waals surface area contributed by atoms with E-state index >= 15 is 0 Å². The average molecular weight is 568 g/mol. The number of para-hydroxylation sites is 1. The Morgan fingerprint density at radius 1 is 0.878 bits per heavy atom. The molecule has 0 unspecified atom stereocenters. The van der Waals surface area contributed by atoms with E-state index in [0.29, 0.717) is 29.8 Å². The van der Waals surface area contributed by atoms with Crippen molar-refractivity contribution < 1.29 is 32.2 Å². The average Bonchev–Trinajstić information content (AvgIpc) is 3.39. The third-order valence-electron chi connectivity index (χ3n) is 6.85. The molecule has 0 atom stereocenters. The van der Waals surface area contributed by atoms with Crippen molar-refractivity contribution in [1.82, 2.24) is 14.8 Å². The number of nitrogens with one attached hydrogen (secondary N) is 1. The summed E-state index contributed by atoms with van der Waals surface area (Å²) in [7, 11) is 3.04. The van der Waals surface area contributed by atoms with Gasteiger partial charge in [0.2, 0.25) is 5.91 Å². The number of alkyl halides is 3. The highest BCUT2D eigenvalue weighted by Gasteiger charge is 2.30. The van der Waals surface area contributed by atoms with E-state index in [1.54, 1.807) is 29.2 Å². The molecule has 2 amide bonds. The molecule has 0 spiro atoms. The zero-order valence-electron chi connectivity index (χ0n) is 22.9. The molecule has 0 saturated heterocycles. The van der Waals surface area contributed by atoms with Crippen LogP contribution in [0.15, 0.2) is 79.0 Å². The van der Waals surface area contributed by atoms with Gasteiger partial charge >= 0.3 is 6.18 Å². The number of aromatic nitrogens is 1. The predicted molar refractivity (Wildman–Crippen MR) is 150 cm³/mol. The third-order valence-corrected chi connectivity index (χ3v) is 6.85. The highest BCUT2D eigenvalue weighted by Crippen LogP contribution is 2.29. The van der Waals surface area contributed by atoms with Gasteiger partial charge in [0.1, 0.15) is 12.3 Å². The van der Waals surface area contributed by atoms with Gasteiger partial charge in [0.05, 0.1) is 19.3 Å². The Labute approximate surface area is 236 Å². The van der Waals surface area contributed by atoms with Crippen LogP contribution in [0.4, 0.5) is 13.2 Å². The predicted octanol–water partition coefficient (Wildman–Crippen LogP) is 5.56. The van der Waals surface area contributed by atoms with Gasteiger partial charge in [0, 0.05) is 49.4 Å². The van der Waals surface area contributed by atoms with Crippen LogP contribution in [0.25, 0.3) is 10.9 Å². The van der Waals surface area contributed by atoms with Gasteiger partial charge in [-0.3, -0.25) is 9.59 Å². The van der Waals surface area contributed by atoms with Crippen LogP contribution in [-0.2, 0) is 28.7 Å². The summed E-state index contributed by atoms with van der Waals surface area (Å²) >= 11 is 0. The number of halogens is 3.